The Bertz CT molecular complexity index is 362. The molecule has 116 valence electrons. The van der Waals surface area contributed by atoms with Crippen molar-refractivity contribution in [3.05, 3.63) is 6.20 Å². The lowest BCUT2D eigenvalue weighted by Crippen LogP contribution is -2.46. The van der Waals surface area contributed by atoms with E-state index in [0.29, 0.717) is 19.8 Å². The highest BCUT2D eigenvalue weighted by molar-refractivity contribution is 7.98. The third-order valence-electron chi connectivity index (χ3n) is 2.74. The van der Waals surface area contributed by atoms with E-state index in [-0.39, 0.29) is 0 Å². The van der Waals surface area contributed by atoms with Crippen molar-refractivity contribution in [3.8, 4) is 0 Å². The molecule has 0 N–H and O–H groups in total. The Morgan fingerprint density at radius 2 is 1.75 bits per heavy atom. The molecule has 0 aliphatic rings. The van der Waals surface area contributed by atoms with Gasteiger partial charge >= 0.3 is 8.80 Å². The topological polar surface area (TPSA) is 58.4 Å². The van der Waals surface area contributed by atoms with Crippen LogP contribution in [0.1, 0.15) is 27.2 Å². The van der Waals surface area contributed by atoms with Crippen molar-refractivity contribution in [2.75, 3.05) is 26.1 Å². The highest BCUT2D eigenvalue weighted by Crippen LogP contribution is 2.20. The normalized spacial score (nSPS) is 12.0. The fourth-order valence-electron chi connectivity index (χ4n) is 2.01. The van der Waals surface area contributed by atoms with E-state index in [9.17, 15) is 0 Å². The van der Waals surface area contributed by atoms with Crippen LogP contribution in [0.4, 0.5) is 0 Å². The van der Waals surface area contributed by atoms with Gasteiger partial charge in [-0.15, -0.1) is 16.9 Å². The zero-order valence-electron chi connectivity index (χ0n) is 12.8. The fourth-order valence-corrected chi connectivity index (χ4v) is 5.09. The summed E-state index contributed by atoms with van der Waals surface area (Å²) in [5.41, 5.74) is 0. The highest BCUT2D eigenvalue weighted by Gasteiger charge is 2.39. The summed E-state index contributed by atoms with van der Waals surface area (Å²) in [7, 11) is -2.52. The SMILES string of the molecule is CCO[Si](CCCn1nncc1SC)(OCC)OCC. The zero-order chi connectivity index (χ0) is 14.8. The van der Waals surface area contributed by atoms with Gasteiger partial charge in [0.2, 0.25) is 0 Å². The Labute approximate surface area is 126 Å². The molecule has 1 aromatic rings. The predicted molar refractivity (Wildman–Crippen MR) is 81.9 cm³/mol. The Hall–Kier alpha value is -0.413. The van der Waals surface area contributed by atoms with Gasteiger partial charge in [-0.05, 0) is 33.4 Å². The molecule has 0 unspecified atom stereocenters. The second-order valence-corrected chi connectivity index (χ2v) is 7.64. The average molecular weight is 320 g/mol. The van der Waals surface area contributed by atoms with E-state index in [0.717, 1.165) is 24.0 Å². The van der Waals surface area contributed by atoms with Crippen molar-refractivity contribution >= 4 is 20.6 Å². The highest BCUT2D eigenvalue weighted by atomic mass is 32.2. The van der Waals surface area contributed by atoms with E-state index in [1.807, 2.05) is 31.7 Å². The molecule has 0 atom stereocenters. The molecule has 8 heteroatoms. The van der Waals surface area contributed by atoms with Crippen LogP contribution in [0, 0.1) is 0 Å². The van der Waals surface area contributed by atoms with Gasteiger partial charge in [-0.2, -0.15) is 0 Å². The maximum absolute atomic E-state index is 5.83. The van der Waals surface area contributed by atoms with E-state index >= 15 is 0 Å². The van der Waals surface area contributed by atoms with Gasteiger partial charge < -0.3 is 13.3 Å². The van der Waals surface area contributed by atoms with Crippen molar-refractivity contribution in [2.24, 2.45) is 0 Å². The maximum Gasteiger partial charge on any atom is 0.500 e. The number of hydrogen-bond acceptors (Lipinski definition) is 6. The lowest BCUT2D eigenvalue weighted by molar-refractivity contribution is 0.0704. The molecule has 0 saturated carbocycles. The van der Waals surface area contributed by atoms with Gasteiger partial charge in [-0.25, -0.2) is 4.68 Å². The van der Waals surface area contributed by atoms with Crippen LogP contribution in [0.5, 0.6) is 0 Å². The smallest absolute Gasteiger partial charge is 0.374 e. The van der Waals surface area contributed by atoms with Crippen LogP contribution < -0.4 is 0 Å². The monoisotopic (exact) mass is 319 g/mol. The third-order valence-corrected chi connectivity index (χ3v) is 6.62. The number of hydrogen-bond donors (Lipinski definition) is 0. The Morgan fingerprint density at radius 1 is 1.15 bits per heavy atom. The lowest BCUT2D eigenvalue weighted by atomic mass is 10.5. The molecule has 0 radical (unpaired) electrons. The molecule has 1 heterocycles. The zero-order valence-corrected chi connectivity index (χ0v) is 14.6. The second kappa shape index (κ2) is 9.51. The van der Waals surface area contributed by atoms with Crippen molar-refractivity contribution in [3.63, 3.8) is 0 Å². The fraction of sp³-hybridized carbons (Fsp3) is 0.833. The minimum Gasteiger partial charge on any atom is -0.374 e. The summed E-state index contributed by atoms with van der Waals surface area (Å²) >= 11 is 1.65. The van der Waals surface area contributed by atoms with Crippen LogP contribution in [0.3, 0.4) is 0 Å². The molecule has 0 aromatic carbocycles. The van der Waals surface area contributed by atoms with Crippen molar-refractivity contribution in [2.45, 2.75) is 44.8 Å². The number of nitrogens with zero attached hydrogens (tertiary/aromatic N) is 3. The average Bonchev–Trinajstić information content (AvgIpc) is 2.87. The summed E-state index contributed by atoms with van der Waals surface area (Å²) < 4.78 is 19.4. The first-order chi connectivity index (χ1) is 9.71. The molecule has 1 rings (SSSR count). The molecular formula is C12H25N3O3SSi. The molecule has 0 amide bonds. The molecule has 0 fully saturated rings. The van der Waals surface area contributed by atoms with Crippen molar-refractivity contribution in [1.82, 2.24) is 15.0 Å². The van der Waals surface area contributed by atoms with E-state index in [2.05, 4.69) is 10.3 Å². The van der Waals surface area contributed by atoms with Crippen LogP contribution in [0.2, 0.25) is 6.04 Å². The van der Waals surface area contributed by atoms with Crippen LogP contribution in [0.15, 0.2) is 11.2 Å². The Balaban J connectivity index is 2.56. The van der Waals surface area contributed by atoms with Gasteiger partial charge in [0.1, 0.15) is 5.03 Å². The molecule has 0 aliphatic heterocycles. The van der Waals surface area contributed by atoms with Crippen LogP contribution in [-0.4, -0.2) is 49.9 Å². The number of aromatic nitrogens is 3. The molecule has 0 bridgehead atoms. The second-order valence-electron chi connectivity index (χ2n) is 4.09. The van der Waals surface area contributed by atoms with Crippen LogP contribution >= 0.6 is 11.8 Å². The predicted octanol–water partition coefficient (Wildman–Crippen LogP) is 2.44. The first kappa shape index (κ1) is 17.6. The van der Waals surface area contributed by atoms with E-state index in [1.54, 1.807) is 18.0 Å². The first-order valence-corrected chi connectivity index (χ1v) is 10.2. The molecular weight excluding hydrogens is 294 g/mol. The molecule has 0 spiro atoms. The minimum atomic E-state index is -2.52. The number of rotatable bonds is 11. The molecule has 0 aliphatic carbocycles. The lowest BCUT2D eigenvalue weighted by Gasteiger charge is -2.28. The Morgan fingerprint density at radius 3 is 2.25 bits per heavy atom. The third kappa shape index (κ3) is 5.17. The van der Waals surface area contributed by atoms with Crippen molar-refractivity contribution in [1.29, 1.82) is 0 Å². The van der Waals surface area contributed by atoms with Gasteiger partial charge in [-0.3, -0.25) is 0 Å². The largest absolute Gasteiger partial charge is 0.500 e. The summed E-state index contributed by atoms with van der Waals surface area (Å²) in [6.07, 6.45) is 4.71. The maximum atomic E-state index is 5.83. The number of thioether (sulfide) groups is 1. The van der Waals surface area contributed by atoms with Gasteiger partial charge in [-0.1, -0.05) is 5.21 Å². The van der Waals surface area contributed by atoms with Crippen LogP contribution in [-0.2, 0) is 19.8 Å². The van der Waals surface area contributed by atoms with Crippen molar-refractivity contribution < 1.29 is 13.3 Å². The molecule has 6 nitrogen and oxygen atoms in total. The molecule has 0 saturated heterocycles. The first-order valence-electron chi connectivity index (χ1n) is 7.05. The summed E-state index contributed by atoms with van der Waals surface area (Å²) in [5.74, 6) is 0. The minimum absolute atomic E-state index is 0.617. The summed E-state index contributed by atoms with van der Waals surface area (Å²) in [4.78, 5) is 0. The summed E-state index contributed by atoms with van der Waals surface area (Å²) in [6.45, 7) is 8.58. The van der Waals surface area contributed by atoms with E-state index in [4.69, 9.17) is 13.3 Å². The number of aryl methyl sites for hydroxylation is 1. The molecule has 1 aromatic heterocycles. The standard InChI is InChI=1S/C12H25N3O3SSi/c1-5-16-20(17-6-2,18-7-3)10-8-9-15-12(19-4)11-13-14-15/h11H,5-10H2,1-4H3. The van der Waals surface area contributed by atoms with Crippen LogP contribution in [0.25, 0.3) is 0 Å². The van der Waals surface area contributed by atoms with E-state index < -0.39 is 8.80 Å². The van der Waals surface area contributed by atoms with Gasteiger partial charge in [0.25, 0.3) is 0 Å². The Kier molecular flexibility index (Phi) is 8.39. The van der Waals surface area contributed by atoms with E-state index in [1.165, 1.54) is 0 Å². The van der Waals surface area contributed by atoms with Gasteiger partial charge in [0.15, 0.2) is 0 Å². The van der Waals surface area contributed by atoms with Gasteiger partial charge in [0.05, 0.1) is 6.20 Å². The quantitative estimate of drug-likeness (QED) is 0.461. The summed E-state index contributed by atoms with van der Waals surface area (Å²) in [6, 6.07) is 0.802. The molecule has 20 heavy (non-hydrogen) atoms. The summed E-state index contributed by atoms with van der Waals surface area (Å²) in [5, 5.41) is 9.08. The van der Waals surface area contributed by atoms with Gasteiger partial charge in [0, 0.05) is 32.4 Å².